The van der Waals surface area contributed by atoms with Crippen LogP contribution in [-0.2, 0) is 19.1 Å². The van der Waals surface area contributed by atoms with Gasteiger partial charge in [-0.1, -0.05) is 20.8 Å². The zero-order valence-electron chi connectivity index (χ0n) is 15.5. The van der Waals surface area contributed by atoms with Gasteiger partial charge in [-0.2, -0.15) is 0 Å². The van der Waals surface area contributed by atoms with Gasteiger partial charge in [0.05, 0.1) is 29.5 Å². The zero-order chi connectivity index (χ0) is 18.7. The Labute approximate surface area is 148 Å². The fraction of sp³-hybridized carbons (Fsp3) is 0.789. The molecule has 1 heterocycles. The lowest BCUT2D eigenvalue weighted by Crippen LogP contribution is -2.41. The van der Waals surface area contributed by atoms with Crippen LogP contribution in [0.1, 0.15) is 47.5 Å². The van der Waals surface area contributed by atoms with Crippen molar-refractivity contribution in [3.8, 4) is 0 Å². The minimum Gasteiger partial charge on any atom is -0.462 e. The fourth-order valence-corrected chi connectivity index (χ4v) is 4.62. The second-order valence-corrected chi connectivity index (χ2v) is 8.36. The molecule has 2 aliphatic carbocycles. The first kappa shape index (κ1) is 18.4. The van der Waals surface area contributed by atoms with Gasteiger partial charge in [0, 0.05) is 12.3 Å². The molecule has 3 rings (SSSR count). The van der Waals surface area contributed by atoms with Crippen LogP contribution >= 0.6 is 0 Å². The van der Waals surface area contributed by atoms with Crippen molar-refractivity contribution in [2.24, 2.45) is 23.7 Å². The quantitative estimate of drug-likeness (QED) is 0.579. The predicted octanol–water partition coefficient (Wildman–Crippen LogP) is 1.58. The molecular weight excluding hydrogens is 324 g/mol. The molecule has 0 aromatic heterocycles. The maximum absolute atomic E-state index is 12.2. The summed E-state index contributed by atoms with van der Waals surface area (Å²) < 4.78 is 11.4. The fourth-order valence-electron chi connectivity index (χ4n) is 4.62. The third-order valence-corrected chi connectivity index (χ3v) is 6.17. The normalized spacial score (nSPS) is 43.6. The molecule has 0 spiro atoms. The van der Waals surface area contributed by atoms with Gasteiger partial charge < -0.3 is 19.7 Å². The van der Waals surface area contributed by atoms with Crippen molar-refractivity contribution >= 4 is 11.9 Å². The van der Waals surface area contributed by atoms with E-state index in [-0.39, 0.29) is 36.1 Å². The first-order chi connectivity index (χ1) is 11.5. The number of carbonyl (C=O) groups is 2. The molecule has 2 N–H and O–H groups in total. The molecule has 0 bridgehead atoms. The van der Waals surface area contributed by atoms with Gasteiger partial charge >= 0.3 is 11.9 Å². The van der Waals surface area contributed by atoms with Gasteiger partial charge in [-0.25, -0.2) is 0 Å². The second kappa shape index (κ2) is 6.09. The highest BCUT2D eigenvalue weighted by Gasteiger charge is 2.59. The van der Waals surface area contributed by atoms with Crippen molar-refractivity contribution in [2.45, 2.75) is 71.4 Å². The third kappa shape index (κ3) is 2.89. The average Bonchev–Trinajstić information content (AvgIpc) is 2.93. The minimum atomic E-state index is -1.15. The number of esters is 2. The molecule has 0 amide bonds. The second-order valence-electron chi connectivity index (χ2n) is 8.36. The molecule has 6 heteroatoms. The van der Waals surface area contributed by atoms with E-state index >= 15 is 0 Å². The van der Waals surface area contributed by atoms with Crippen LogP contribution in [-0.4, -0.2) is 46.1 Å². The van der Waals surface area contributed by atoms with Crippen LogP contribution in [0, 0.1) is 23.7 Å². The van der Waals surface area contributed by atoms with Crippen LogP contribution in [0.4, 0.5) is 0 Å². The molecule has 3 aliphatic rings. The molecule has 0 radical (unpaired) electrons. The van der Waals surface area contributed by atoms with Crippen LogP contribution in [0.2, 0.25) is 0 Å². The first-order valence-corrected chi connectivity index (χ1v) is 9.06. The van der Waals surface area contributed by atoms with E-state index in [9.17, 15) is 19.8 Å². The molecule has 1 saturated heterocycles. The number of fused-ring (bicyclic) bond motifs is 3. The molecule has 2 unspecified atom stereocenters. The molecule has 2 fully saturated rings. The van der Waals surface area contributed by atoms with Crippen LogP contribution in [0.5, 0.6) is 0 Å². The van der Waals surface area contributed by atoms with Gasteiger partial charge in [-0.3, -0.25) is 9.59 Å². The molecule has 1 saturated carbocycles. The number of aliphatic hydroxyl groups excluding tert-OH is 1. The van der Waals surface area contributed by atoms with Crippen LogP contribution in [0.3, 0.4) is 0 Å². The maximum atomic E-state index is 12.2. The Morgan fingerprint density at radius 2 is 2.04 bits per heavy atom. The summed E-state index contributed by atoms with van der Waals surface area (Å²) in [6.07, 6.45) is -1.17. The predicted molar refractivity (Wildman–Crippen MR) is 89.3 cm³/mol. The van der Waals surface area contributed by atoms with E-state index in [0.717, 1.165) is 11.1 Å². The molecule has 1 aliphatic heterocycles. The van der Waals surface area contributed by atoms with Crippen molar-refractivity contribution in [3.63, 3.8) is 0 Å². The first-order valence-electron chi connectivity index (χ1n) is 9.06. The Morgan fingerprint density at radius 1 is 1.40 bits per heavy atom. The summed E-state index contributed by atoms with van der Waals surface area (Å²) in [6, 6.07) is 0. The van der Waals surface area contributed by atoms with Crippen LogP contribution in [0.25, 0.3) is 0 Å². The van der Waals surface area contributed by atoms with E-state index in [4.69, 9.17) is 9.47 Å². The summed E-state index contributed by atoms with van der Waals surface area (Å²) in [5.74, 6) is -2.03. The van der Waals surface area contributed by atoms with Gasteiger partial charge in [-0.05, 0) is 31.4 Å². The number of aliphatic hydroxyl groups is 2. The average molecular weight is 352 g/mol. The van der Waals surface area contributed by atoms with E-state index in [1.807, 2.05) is 6.92 Å². The molecule has 0 aromatic carbocycles. The summed E-state index contributed by atoms with van der Waals surface area (Å²) in [4.78, 5) is 24.4. The SMILES string of the molecule is CC1=C2C(CC1O)[C@](C)(O)C[C@@H](OC(=O)C(C)C)[C@H]1[C@H](C)C(=O)O[C@H]21. The van der Waals surface area contributed by atoms with E-state index in [1.165, 1.54) is 0 Å². The summed E-state index contributed by atoms with van der Waals surface area (Å²) in [5.41, 5.74) is 0.424. The maximum Gasteiger partial charge on any atom is 0.309 e. The van der Waals surface area contributed by atoms with Gasteiger partial charge in [0.15, 0.2) is 0 Å². The highest BCUT2D eigenvalue weighted by Crippen LogP contribution is 2.52. The van der Waals surface area contributed by atoms with Gasteiger partial charge in [0.1, 0.15) is 12.2 Å². The lowest BCUT2D eigenvalue weighted by Gasteiger charge is -2.33. The zero-order valence-corrected chi connectivity index (χ0v) is 15.5. The Balaban J connectivity index is 2.05. The number of carbonyl (C=O) groups excluding carboxylic acids is 2. The van der Waals surface area contributed by atoms with Crippen LogP contribution in [0.15, 0.2) is 11.1 Å². The standard InChI is InChI=1S/C19H28O6/c1-8(2)17(21)24-13-7-19(5,23)11-6-12(20)9(3)14(11)16-15(13)10(4)18(22)25-16/h8,10-13,15-16,20,23H,6-7H2,1-5H3/t10-,11?,12?,13+,15+,16+,19+/m0/s1. The van der Waals surface area contributed by atoms with Crippen molar-refractivity contribution in [3.05, 3.63) is 11.1 Å². The van der Waals surface area contributed by atoms with Crippen molar-refractivity contribution < 1.29 is 29.3 Å². The highest BCUT2D eigenvalue weighted by atomic mass is 16.6. The van der Waals surface area contributed by atoms with Gasteiger partial charge in [0.2, 0.25) is 0 Å². The van der Waals surface area contributed by atoms with Crippen molar-refractivity contribution in [2.75, 3.05) is 0 Å². The molecule has 140 valence electrons. The minimum absolute atomic E-state index is 0.224. The van der Waals surface area contributed by atoms with Gasteiger partial charge in [0.25, 0.3) is 0 Å². The van der Waals surface area contributed by atoms with E-state index in [1.54, 1.807) is 27.7 Å². The highest BCUT2D eigenvalue weighted by molar-refractivity contribution is 5.76. The van der Waals surface area contributed by atoms with Crippen molar-refractivity contribution in [1.82, 2.24) is 0 Å². The third-order valence-electron chi connectivity index (χ3n) is 6.17. The summed E-state index contributed by atoms with van der Waals surface area (Å²) in [6.45, 7) is 8.83. The summed E-state index contributed by atoms with van der Waals surface area (Å²) in [5, 5.41) is 21.4. The Hall–Kier alpha value is -1.40. The number of hydrogen-bond donors (Lipinski definition) is 2. The van der Waals surface area contributed by atoms with Gasteiger partial charge in [-0.15, -0.1) is 0 Å². The molecule has 6 nitrogen and oxygen atoms in total. The Bertz CT molecular complexity index is 619. The Morgan fingerprint density at radius 3 is 2.64 bits per heavy atom. The van der Waals surface area contributed by atoms with E-state index in [0.29, 0.717) is 6.42 Å². The monoisotopic (exact) mass is 352 g/mol. The lowest BCUT2D eigenvalue weighted by molar-refractivity contribution is -0.160. The molecule has 25 heavy (non-hydrogen) atoms. The summed E-state index contributed by atoms with van der Waals surface area (Å²) in [7, 11) is 0. The Kier molecular flexibility index (Phi) is 4.48. The summed E-state index contributed by atoms with van der Waals surface area (Å²) >= 11 is 0. The topological polar surface area (TPSA) is 93.1 Å². The van der Waals surface area contributed by atoms with Crippen molar-refractivity contribution in [1.29, 1.82) is 0 Å². The van der Waals surface area contributed by atoms with E-state index < -0.39 is 29.8 Å². The molecule has 0 aromatic rings. The molecular formula is C19H28O6. The van der Waals surface area contributed by atoms with Crippen LogP contribution < -0.4 is 0 Å². The number of hydrogen-bond acceptors (Lipinski definition) is 6. The van der Waals surface area contributed by atoms with E-state index in [2.05, 4.69) is 0 Å². The molecule has 7 atom stereocenters. The smallest absolute Gasteiger partial charge is 0.309 e. The number of rotatable bonds is 2. The number of ether oxygens (including phenoxy) is 2. The lowest BCUT2D eigenvalue weighted by atomic mass is 9.81. The largest absolute Gasteiger partial charge is 0.462 e.